The van der Waals surface area contributed by atoms with E-state index < -0.39 is 12.0 Å². The van der Waals surface area contributed by atoms with Crippen molar-refractivity contribution in [1.29, 1.82) is 0 Å². The number of hydrogen-bond donors (Lipinski definition) is 2. The van der Waals surface area contributed by atoms with Gasteiger partial charge in [-0.25, -0.2) is 14.5 Å². The first-order valence-corrected chi connectivity index (χ1v) is 12.4. The smallest absolute Gasteiger partial charge is 0.356 e. The predicted octanol–water partition coefficient (Wildman–Crippen LogP) is 4.36. The monoisotopic (exact) mass is 552 g/mol. The summed E-state index contributed by atoms with van der Waals surface area (Å²) in [5, 5.41) is 18.6. The number of ether oxygens (including phenoxy) is 2. The van der Waals surface area contributed by atoms with Crippen LogP contribution in [0.25, 0.3) is 5.69 Å². The highest BCUT2D eigenvalue weighted by Crippen LogP contribution is 2.37. The number of halogens is 1. The molecule has 3 aromatic heterocycles. The Kier molecular flexibility index (Phi) is 7.91. The lowest BCUT2D eigenvalue weighted by Gasteiger charge is -2.24. The Labute approximate surface area is 230 Å². The molecule has 0 fully saturated rings. The van der Waals surface area contributed by atoms with E-state index in [0.29, 0.717) is 33.2 Å². The largest absolute Gasteiger partial charge is 0.479 e. The molecule has 0 bridgehead atoms. The summed E-state index contributed by atoms with van der Waals surface area (Å²) in [7, 11) is 4.53. The van der Waals surface area contributed by atoms with E-state index in [0.717, 1.165) is 5.56 Å². The molecule has 1 atom stereocenters. The fourth-order valence-corrected chi connectivity index (χ4v) is 4.61. The zero-order valence-electron chi connectivity index (χ0n) is 22.4. The van der Waals surface area contributed by atoms with Gasteiger partial charge in [0.05, 0.1) is 32.2 Å². The minimum atomic E-state index is -1.24. The van der Waals surface area contributed by atoms with Gasteiger partial charge in [-0.3, -0.25) is 4.79 Å². The van der Waals surface area contributed by atoms with E-state index in [1.54, 1.807) is 43.6 Å². The molecule has 4 aromatic rings. The molecule has 0 spiro atoms. The maximum atomic E-state index is 13.1. The highest BCUT2D eigenvalue weighted by Gasteiger charge is 2.33. The SMILES string of the molecule is COc1ncc(-n2nc(C(=O)O)c(C(Nc3cc(C)cn(C)c3=O)c3ccc(Cl)cc3)c2C(C)C)c(OC)n1. The Hall–Kier alpha value is -4.38. The van der Waals surface area contributed by atoms with E-state index in [-0.39, 0.29) is 29.1 Å². The summed E-state index contributed by atoms with van der Waals surface area (Å²) in [5.74, 6) is -1.31. The van der Waals surface area contributed by atoms with Crippen molar-refractivity contribution in [3.05, 3.63) is 86.2 Å². The summed E-state index contributed by atoms with van der Waals surface area (Å²) in [5.41, 5.74) is 2.66. The van der Waals surface area contributed by atoms with E-state index in [2.05, 4.69) is 20.4 Å². The lowest BCUT2D eigenvalue weighted by Crippen LogP contribution is -2.25. The number of carboxylic acid groups (broad SMARTS) is 1. The molecule has 11 nitrogen and oxygen atoms in total. The molecule has 0 aliphatic carbocycles. The van der Waals surface area contributed by atoms with Crippen LogP contribution in [-0.4, -0.2) is 49.6 Å². The number of carboxylic acids is 1. The van der Waals surface area contributed by atoms with E-state index >= 15 is 0 Å². The molecule has 0 radical (unpaired) electrons. The Morgan fingerprint density at radius 3 is 2.44 bits per heavy atom. The standard InChI is InChI=1S/C27H29ClN6O5/c1-14(2)23-20(22(26(36)37)32-34(23)19-12-29-27(39-6)31-24(19)38-5)21(16-7-9-17(28)10-8-16)30-18-11-15(3)13-33(4)25(18)35/h7-14,21,30H,1-6H3,(H,36,37). The van der Waals surface area contributed by atoms with Crippen LogP contribution >= 0.6 is 11.6 Å². The van der Waals surface area contributed by atoms with Crippen molar-refractivity contribution in [1.82, 2.24) is 24.3 Å². The fourth-order valence-electron chi connectivity index (χ4n) is 4.48. The van der Waals surface area contributed by atoms with Crippen LogP contribution in [0.1, 0.15) is 58.7 Å². The second kappa shape index (κ2) is 11.2. The molecule has 1 unspecified atom stereocenters. The minimum absolute atomic E-state index is 0.0866. The van der Waals surface area contributed by atoms with Crippen LogP contribution in [0.2, 0.25) is 5.02 Å². The predicted molar refractivity (Wildman–Crippen MR) is 147 cm³/mol. The van der Waals surface area contributed by atoms with Crippen LogP contribution in [0, 0.1) is 6.92 Å². The number of nitrogens with one attached hydrogen (secondary N) is 1. The normalized spacial score (nSPS) is 11.9. The van der Waals surface area contributed by atoms with Gasteiger partial charge in [0.2, 0.25) is 5.88 Å². The molecule has 1 aromatic carbocycles. The van der Waals surface area contributed by atoms with Gasteiger partial charge in [0.25, 0.3) is 5.56 Å². The van der Waals surface area contributed by atoms with Gasteiger partial charge in [-0.1, -0.05) is 37.6 Å². The van der Waals surface area contributed by atoms with E-state index in [4.69, 9.17) is 21.1 Å². The second-order valence-corrected chi connectivity index (χ2v) is 9.68. The van der Waals surface area contributed by atoms with Crippen molar-refractivity contribution < 1.29 is 19.4 Å². The molecule has 39 heavy (non-hydrogen) atoms. The molecule has 4 rings (SSSR count). The Balaban J connectivity index is 2.04. The number of aromatic carboxylic acids is 1. The average Bonchev–Trinajstić information content (AvgIpc) is 3.31. The van der Waals surface area contributed by atoms with Gasteiger partial charge in [0, 0.05) is 23.8 Å². The summed E-state index contributed by atoms with van der Waals surface area (Å²) in [6, 6.07) is 8.02. The first-order chi connectivity index (χ1) is 18.5. The van der Waals surface area contributed by atoms with Crippen molar-refractivity contribution >= 4 is 23.3 Å². The van der Waals surface area contributed by atoms with E-state index in [9.17, 15) is 14.7 Å². The molecule has 0 saturated carbocycles. The van der Waals surface area contributed by atoms with Gasteiger partial charge in [-0.2, -0.15) is 10.1 Å². The lowest BCUT2D eigenvalue weighted by molar-refractivity contribution is 0.0688. The Morgan fingerprint density at radius 1 is 1.15 bits per heavy atom. The number of benzene rings is 1. The zero-order chi connectivity index (χ0) is 28.4. The summed E-state index contributed by atoms with van der Waals surface area (Å²) in [4.78, 5) is 34.1. The van der Waals surface area contributed by atoms with Crippen LogP contribution < -0.4 is 20.3 Å². The van der Waals surface area contributed by atoms with Gasteiger partial charge in [-0.05, 0) is 42.2 Å². The number of carbonyl (C=O) groups is 1. The molecular formula is C27H29ClN6O5. The minimum Gasteiger partial charge on any atom is -0.479 e. The van der Waals surface area contributed by atoms with Gasteiger partial charge >= 0.3 is 12.0 Å². The number of aromatic nitrogens is 5. The molecular weight excluding hydrogens is 524 g/mol. The van der Waals surface area contributed by atoms with Gasteiger partial charge in [0.15, 0.2) is 5.69 Å². The summed E-state index contributed by atoms with van der Waals surface area (Å²) in [6.45, 7) is 5.71. The zero-order valence-corrected chi connectivity index (χ0v) is 23.1. The maximum Gasteiger partial charge on any atom is 0.356 e. The number of aryl methyl sites for hydroxylation is 2. The molecule has 204 valence electrons. The van der Waals surface area contributed by atoms with Crippen molar-refractivity contribution in [2.75, 3.05) is 19.5 Å². The summed E-state index contributed by atoms with van der Waals surface area (Å²) in [6.07, 6.45) is 3.18. The quantitative estimate of drug-likeness (QED) is 0.310. The topological polar surface area (TPSA) is 133 Å². The van der Waals surface area contributed by atoms with E-state index in [1.165, 1.54) is 29.7 Å². The lowest BCUT2D eigenvalue weighted by atomic mass is 9.92. The van der Waals surface area contributed by atoms with Gasteiger partial charge in [-0.15, -0.1) is 0 Å². The molecule has 2 N–H and O–H groups in total. The van der Waals surface area contributed by atoms with Gasteiger partial charge < -0.3 is 24.5 Å². The first-order valence-electron chi connectivity index (χ1n) is 12.1. The van der Waals surface area contributed by atoms with Crippen molar-refractivity contribution in [2.24, 2.45) is 7.05 Å². The third-order valence-corrected chi connectivity index (χ3v) is 6.39. The third kappa shape index (κ3) is 5.44. The number of pyridine rings is 1. The molecule has 0 aliphatic rings. The van der Waals surface area contributed by atoms with Crippen LogP contribution in [-0.2, 0) is 7.05 Å². The van der Waals surface area contributed by atoms with Crippen molar-refractivity contribution in [3.8, 4) is 17.6 Å². The van der Waals surface area contributed by atoms with Crippen LogP contribution in [0.4, 0.5) is 5.69 Å². The molecule has 0 aliphatic heterocycles. The molecule has 3 heterocycles. The number of nitrogens with zero attached hydrogens (tertiary/aromatic N) is 5. The number of hydrogen-bond acceptors (Lipinski definition) is 8. The summed E-state index contributed by atoms with van der Waals surface area (Å²) < 4.78 is 13.5. The van der Waals surface area contributed by atoms with Crippen LogP contribution in [0.15, 0.2) is 47.5 Å². The van der Waals surface area contributed by atoms with Crippen LogP contribution in [0.3, 0.4) is 0 Å². The van der Waals surface area contributed by atoms with Crippen LogP contribution in [0.5, 0.6) is 11.9 Å². The summed E-state index contributed by atoms with van der Waals surface area (Å²) >= 11 is 6.17. The highest BCUT2D eigenvalue weighted by molar-refractivity contribution is 6.30. The Morgan fingerprint density at radius 2 is 1.85 bits per heavy atom. The second-order valence-electron chi connectivity index (χ2n) is 9.25. The van der Waals surface area contributed by atoms with Crippen molar-refractivity contribution in [2.45, 2.75) is 32.7 Å². The fraction of sp³-hybridized carbons (Fsp3) is 0.296. The molecule has 12 heteroatoms. The number of rotatable bonds is 9. The maximum absolute atomic E-state index is 13.1. The van der Waals surface area contributed by atoms with Gasteiger partial charge in [0.1, 0.15) is 11.4 Å². The Bertz CT molecular complexity index is 1580. The average molecular weight is 553 g/mol. The highest BCUT2D eigenvalue weighted by atomic mass is 35.5. The molecule has 0 saturated heterocycles. The number of methoxy groups -OCH3 is 2. The van der Waals surface area contributed by atoms with E-state index in [1.807, 2.05) is 20.8 Å². The van der Waals surface area contributed by atoms with Crippen molar-refractivity contribution in [3.63, 3.8) is 0 Å². The number of anilines is 1. The first kappa shape index (κ1) is 27.6. The third-order valence-electron chi connectivity index (χ3n) is 6.14. The molecule has 0 amide bonds.